The fourth-order valence-corrected chi connectivity index (χ4v) is 3.94. The Morgan fingerprint density at radius 3 is 2.50 bits per heavy atom. The molecule has 112 valence electrons. The molecule has 0 aromatic carbocycles. The number of hydrogen-bond donors (Lipinski definition) is 1. The monoisotopic (exact) mass is 316 g/mol. The lowest BCUT2D eigenvalue weighted by Crippen LogP contribution is -2.43. The van der Waals surface area contributed by atoms with Crippen LogP contribution in [0.25, 0.3) is 0 Å². The third kappa shape index (κ3) is 2.77. The molecular formula is C13H21ClN4OS. The van der Waals surface area contributed by atoms with Gasteiger partial charge in [-0.05, 0) is 32.4 Å². The fraction of sp³-hybridized carbons (Fsp3) is 0.692. The van der Waals surface area contributed by atoms with Crippen molar-refractivity contribution in [1.29, 1.82) is 0 Å². The molecule has 2 aliphatic rings. The number of amides is 1. The largest absolute Gasteiger partial charge is 0.375 e. The lowest BCUT2D eigenvalue weighted by molar-refractivity contribution is -0.137. The minimum Gasteiger partial charge on any atom is -0.375 e. The van der Waals surface area contributed by atoms with Crippen LogP contribution in [-0.2, 0) is 11.3 Å². The number of aromatic nitrogens is 1. The SMILES string of the molecule is CN1CCC2(CCN(Cc3cnc(N)s3)CC2)C1=O.Cl. The van der Waals surface area contributed by atoms with Crippen LogP contribution in [0.5, 0.6) is 0 Å². The molecular weight excluding hydrogens is 296 g/mol. The maximum absolute atomic E-state index is 12.2. The van der Waals surface area contributed by atoms with Gasteiger partial charge in [0.1, 0.15) is 0 Å². The first-order valence-electron chi connectivity index (χ1n) is 6.77. The van der Waals surface area contributed by atoms with Gasteiger partial charge in [-0.2, -0.15) is 0 Å². The summed E-state index contributed by atoms with van der Waals surface area (Å²) in [4.78, 5) is 21.8. The minimum absolute atomic E-state index is 0. The third-order valence-electron chi connectivity index (χ3n) is 4.49. The Balaban J connectivity index is 0.00000147. The standard InChI is InChI=1S/C13H20N4OS.ClH/c1-16-5-2-13(11(16)18)3-6-17(7-4-13)9-10-8-15-12(14)19-10;/h8H,2-7,9H2,1H3,(H2,14,15);1H. The van der Waals surface area contributed by atoms with Crippen LogP contribution in [0.4, 0.5) is 5.13 Å². The maximum Gasteiger partial charge on any atom is 0.228 e. The molecule has 0 atom stereocenters. The zero-order valence-electron chi connectivity index (χ0n) is 11.7. The van der Waals surface area contributed by atoms with E-state index < -0.39 is 0 Å². The molecule has 7 heteroatoms. The van der Waals surface area contributed by atoms with E-state index in [4.69, 9.17) is 5.73 Å². The summed E-state index contributed by atoms with van der Waals surface area (Å²) < 4.78 is 0. The summed E-state index contributed by atoms with van der Waals surface area (Å²) in [6.07, 6.45) is 4.87. The summed E-state index contributed by atoms with van der Waals surface area (Å²) in [5.41, 5.74) is 5.59. The number of anilines is 1. The minimum atomic E-state index is -0.0576. The van der Waals surface area contributed by atoms with Crippen molar-refractivity contribution >= 4 is 34.8 Å². The first-order chi connectivity index (χ1) is 9.09. The van der Waals surface area contributed by atoms with Crippen LogP contribution < -0.4 is 5.73 Å². The van der Waals surface area contributed by atoms with Crippen LogP contribution >= 0.6 is 23.7 Å². The van der Waals surface area contributed by atoms with Gasteiger partial charge < -0.3 is 10.6 Å². The van der Waals surface area contributed by atoms with E-state index in [-0.39, 0.29) is 17.8 Å². The number of hydrogen-bond acceptors (Lipinski definition) is 5. The molecule has 2 saturated heterocycles. The zero-order chi connectivity index (χ0) is 13.5. The molecule has 20 heavy (non-hydrogen) atoms. The highest BCUT2D eigenvalue weighted by atomic mass is 35.5. The van der Waals surface area contributed by atoms with E-state index in [0.717, 1.165) is 45.4 Å². The molecule has 0 saturated carbocycles. The second-order valence-corrected chi connectivity index (χ2v) is 6.84. The normalized spacial score (nSPS) is 22.2. The van der Waals surface area contributed by atoms with E-state index in [9.17, 15) is 4.79 Å². The Morgan fingerprint density at radius 1 is 1.35 bits per heavy atom. The number of piperidine rings is 1. The maximum atomic E-state index is 12.2. The molecule has 5 nitrogen and oxygen atoms in total. The first kappa shape index (κ1) is 15.5. The number of rotatable bonds is 2. The first-order valence-corrected chi connectivity index (χ1v) is 7.59. The molecule has 1 spiro atoms. The highest BCUT2D eigenvalue weighted by Gasteiger charge is 2.46. The number of carbonyl (C=O) groups is 1. The van der Waals surface area contributed by atoms with Crippen LogP contribution in [0.15, 0.2) is 6.20 Å². The van der Waals surface area contributed by atoms with E-state index in [1.807, 2.05) is 18.1 Å². The van der Waals surface area contributed by atoms with E-state index in [0.29, 0.717) is 11.0 Å². The van der Waals surface area contributed by atoms with Crippen molar-refractivity contribution < 1.29 is 4.79 Å². The summed E-state index contributed by atoms with van der Waals surface area (Å²) in [7, 11) is 1.92. The van der Waals surface area contributed by atoms with Gasteiger partial charge in [0.25, 0.3) is 0 Å². The molecule has 0 bridgehead atoms. The number of halogens is 1. The van der Waals surface area contributed by atoms with Crippen molar-refractivity contribution in [3.63, 3.8) is 0 Å². The predicted molar refractivity (Wildman–Crippen MR) is 83.0 cm³/mol. The lowest BCUT2D eigenvalue weighted by Gasteiger charge is -2.37. The van der Waals surface area contributed by atoms with Gasteiger partial charge >= 0.3 is 0 Å². The van der Waals surface area contributed by atoms with Crippen molar-refractivity contribution in [2.75, 3.05) is 32.4 Å². The topological polar surface area (TPSA) is 62.5 Å². The second kappa shape index (κ2) is 5.87. The van der Waals surface area contributed by atoms with Crippen LogP contribution in [0.1, 0.15) is 24.1 Å². The zero-order valence-corrected chi connectivity index (χ0v) is 13.3. The highest BCUT2D eigenvalue weighted by Crippen LogP contribution is 2.41. The van der Waals surface area contributed by atoms with Crippen molar-refractivity contribution in [2.45, 2.75) is 25.8 Å². The number of carbonyl (C=O) groups excluding carboxylic acids is 1. The summed E-state index contributed by atoms with van der Waals surface area (Å²) in [5.74, 6) is 0.356. The van der Waals surface area contributed by atoms with Crippen LogP contribution in [0, 0.1) is 5.41 Å². The summed E-state index contributed by atoms with van der Waals surface area (Å²) >= 11 is 1.56. The van der Waals surface area contributed by atoms with Crippen molar-refractivity contribution in [1.82, 2.24) is 14.8 Å². The highest BCUT2D eigenvalue weighted by molar-refractivity contribution is 7.15. The number of thiazole rings is 1. The number of nitrogens with zero attached hydrogens (tertiary/aromatic N) is 3. The summed E-state index contributed by atoms with van der Waals surface area (Å²) in [5, 5.41) is 0.635. The Morgan fingerprint density at radius 2 is 2.00 bits per heavy atom. The molecule has 2 fully saturated rings. The van der Waals surface area contributed by atoms with E-state index in [2.05, 4.69) is 9.88 Å². The second-order valence-electron chi connectivity index (χ2n) is 5.70. The van der Waals surface area contributed by atoms with Gasteiger partial charge in [-0.25, -0.2) is 4.98 Å². The Hall–Kier alpha value is -0.850. The molecule has 0 aliphatic carbocycles. The average molecular weight is 317 g/mol. The molecule has 1 amide bonds. The smallest absolute Gasteiger partial charge is 0.228 e. The van der Waals surface area contributed by atoms with Crippen molar-refractivity contribution in [2.24, 2.45) is 5.41 Å². The molecule has 0 radical (unpaired) electrons. The Kier molecular flexibility index (Phi) is 4.56. The Bertz CT molecular complexity index is 484. The molecule has 1 aromatic heterocycles. The van der Waals surface area contributed by atoms with Crippen LogP contribution in [0.3, 0.4) is 0 Å². The Labute approximate surface area is 129 Å². The number of nitrogen functional groups attached to an aromatic ring is 1. The van der Waals surface area contributed by atoms with Gasteiger partial charge in [-0.15, -0.1) is 23.7 Å². The summed E-state index contributed by atoms with van der Waals surface area (Å²) in [6, 6.07) is 0. The molecule has 0 unspecified atom stereocenters. The fourth-order valence-electron chi connectivity index (χ4n) is 3.21. The predicted octanol–water partition coefficient (Wildman–Crippen LogP) is 1.59. The quantitative estimate of drug-likeness (QED) is 0.900. The van der Waals surface area contributed by atoms with Crippen molar-refractivity contribution in [3.05, 3.63) is 11.1 Å². The number of likely N-dealkylation sites (tertiary alicyclic amines) is 2. The number of nitrogens with two attached hydrogens (primary N) is 1. The summed E-state index contributed by atoms with van der Waals surface area (Å²) in [6.45, 7) is 3.83. The molecule has 3 rings (SSSR count). The molecule has 2 aliphatic heterocycles. The van der Waals surface area contributed by atoms with Gasteiger partial charge in [-0.1, -0.05) is 0 Å². The van der Waals surface area contributed by atoms with E-state index in [1.54, 1.807) is 11.3 Å². The van der Waals surface area contributed by atoms with Gasteiger partial charge in [-0.3, -0.25) is 9.69 Å². The van der Waals surface area contributed by atoms with Gasteiger partial charge in [0, 0.05) is 31.2 Å². The lowest BCUT2D eigenvalue weighted by atomic mass is 9.77. The van der Waals surface area contributed by atoms with E-state index in [1.165, 1.54) is 4.88 Å². The average Bonchev–Trinajstić information content (AvgIpc) is 2.92. The third-order valence-corrected chi connectivity index (χ3v) is 5.30. The van der Waals surface area contributed by atoms with Gasteiger partial charge in [0.2, 0.25) is 5.91 Å². The van der Waals surface area contributed by atoms with Gasteiger partial charge in [0.15, 0.2) is 5.13 Å². The molecule has 3 heterocycles. The molecule has 2 N–H and O–H groups in total. The van der Waals surface area contributed by atoms with Crippen LogP contribution in [0.2, 0.25) is 0 Å². The van der Waals surface area contributed by atoms with E-state index >= 15 is 0 Å². The van der Waals surface area contributed by atoms with Crippen LogP contribution in [-0.4, -0.2) is 47.4 Å². The van der Waals surface area contributed by atoms with Crippen molar-refractivity contribution in [3.8, 4) is 0 Å². The molecule has 1 aromatic rings. The van der Waals surface area contributed by atoms with Gasteiger partial charge in [0.05, 0.1) is 5.41 Å².